The summed E-state index contributed by atoms with van der Waals surface area (Å²) < 4.78 is 28.8. The van der Waals surface area contributed by atoms with Crippen molar-refractivity contribution in [3.63, 3.8) is 0 Å². The highest BCUT2D eigenvalue weighted by atomic mass is 35.5. The standard InChI is InChI=1S/C21H25N3O3S.ClH/c1-15(13-23-14-20(27-2)16-6-4-3-5-7-16)21-19-9-8-18(28(22,25)26)12-17(19)10-11-24-21;/h3-12,15,20,23H,13-14H2,1-2H3,(H2,22,25,26);1H/t15-,20-;/m1./s1. The highest BCUT2D eigenvalue weighted by molar-refractivity contribution is 7.89. The lowest BCUT2D eigenvalue weighted by molar-refractivity contribution is 0.102. The van der Waals surface area contributed by atoms with Gasteiger partial charge in [-0.05, 0) is 29.1 Å². The molecular weight excluding hydrogens is 410 g/mol. The van der Waals surface area contributed by atoms with Crippen LogP contribution in [0, 0.1) is 0 Å². The van der Waals surface area contributed by atoms with Gasteiger partial charge in [0.25, 0.3) is 0 Å². The number of aromatic nitrogens is 1. The number of fused-ring (bicyclic) bond motifs is 1. The van der Waals surface area contributed by atoms with Crippen LogP contribution >= 0.6 is 12.4 Å². The number of benzene rings is 2. The molecule has 0 bridgehead atoms. The zero-order valence-corrected chi connectivity index (χ0v) is 18.0. The molecular formula is C21H26ClN3O3S. The number of hydrogen-bond donors (Lipinski definition) is 2. The quantitative estimate of drug-likeness (QED) is 0.565. The molecule has 0 unspecified atom stereocenters. The van der Waals surface area contributed by atoms with Crippen molar-refractivity contribution in [2.75, 3.05) is 20.2 Å². The predicted molar refractivity (Wildman–Crippen MR) is 118 cm³/mol. The highest BCUT2D eigenvalue weighted by Crippen LogP contribution is 2.25. The number of halogens is 1. The zero-order valence-electron chi connectivity index (χ0n) is 16.4. The minimum Gasteiger partial charge on any atom is -0.375 e. The van der Waals surface area contributed by atoms with Crippen molar-refractivity contribution in [3.05, 3.63) is 72.1 Å². The molecule has 6 nitrogen and oxygen atoms in total. The van der Waals surface area contributed by atoms with Crippen LogP contribution in [0.4, 0.5) is 0 Å². The Kier molecular flexibility index (Phi) is 8.13. The number of sulfonamides is 1. The van der Waals surface area contributed by atoms with Gasteiger partial charge >= 0.3 is 0 Å². The molecule has 0 aliphatic rings. The lowest BCUT2D eigenvalue weighted by atomic mass is 10.0. The molecule has 3 N–H and O–H groups in total. The Morgan fingerprint density at radius 1 is 1.10 bits per heavy atom. The monoisotopic (exact) mass is 435 g/mol. The SMILES string of the molecule is CO[C@H](CNC[C@@H](C)c1nccc2cc(S(N)(=O)=O)ccc12)c1ccccc1.Cl. The maximum atomic E-state index is 11.6. The van der Waals surface area contributed by atoms with E-state index in [2.05, 4.69) is 29.4 Å². The third kappa shape index (κ3) is 5.74. The van der Waals surface area contributed by atoms with Gasteiger partial charge in [0.2, 0.25) is 10.0 Å². The molecule has 1 heterocycles. The summed E-state index contributed by atoms with van der Waals surface area (Å²) in [6, 6.07) is 16.8. The number of rotatable bonds is 8. The van der Waals surface area contributed by atoms with Gasteiger partial charge < -0.3 is 10.1 Å². The van der Waals surface area contributed by atoms with Gasteiger partial charge in [0.15, 0.2) is 0 Å². The molecule has 0 aliphatic heterocycles. The lowest BCUT2D eigenvalue weighted by Gasteiger charge is -2.19. The number of nitrogens with two attached hydrogens (primary N) is 1. The van der Waals surface area contributed by atoms with E-state index in [0.717, 1.165) is 28.6 Å². The Labute approximate surface area is 177 Å². The number of nitrogens with one attached hydrogen (secondary N) is 1. The van der Waals surface area contributed by atoms with Gasteiger partial charge in [-0.2, -0.15) is 0 Å². The van der Waals surface area contributed by atoms with E-state index in [1.807, 2.05) is 18.2 Å². The van der Waals surface area contributed by atoms with E-state index >= 15 is 0 Å². The maximum absolute atomic E-state index is 11.6. The smallest absolute Gasteiger partial charge is 0.238 e. The largest absolute Gasteiger partial charge is 0.375 e. The summed E-state index contributed by atoms with van der Waals surface area (Å²) in [5.41, 5.74) is 2.05. The summed E-state index contributed by atoms with van der Waals surface area (Å²) in [6.45, 7) is 3.49. The van der Waals surface area contributed by atoms with Gasteiger partial charge in [-0.15, -0.1) is 12.4 Å². The third-order valence-electron chi connectivity index (χ3n) is 4.80. The molecule has 3 aromatic rings. The molecule has 0 amide bonds. The summed E-state index contributed by atoms with van der Waals surface area (Å²) in [4.78, 5) is 4.63. The fourth-order valence-corrected chi connectivity index (χ4v) is 3.83. The molecule has 8 heteroatoms. The average Bonchev–Trinajstić information content (AvgIpc) is 2.70. The van der Waals surface area contributed by atoms with Gasteiger partial charge in [0, 0.05) is 37.7 Å². The highest BCUT2D eigenvalue weighted by Gasteiger charge is 2.15. The van der Waals surface area contributed by atoms with Crippen LogP contribution in [0.25, 0.3) is 10.8 Å². The van der Waals surface area contributed by atoms with Crippen molar-refractivity contribution in [1.82, 2.24) is 10.3 Å². The van der Waals surface area contributed by atoms with Crippen LogP contribution in [-0.2, 0) is 14.8 Å². The van der Waals surface area contributed by atoms with E-state index in [9.17, 15) is 8.42 Å². The lowest BCUT2D eigenvalue weighted by Crippen LogP contribution is -2.26. The van der Waals surface area contributed by atoms with Crippen LogP contribution in [0.3, 0.4) is 0 Å². The predicted octanol–water partition coefficient (Wildman–Crippen LogP) is 3.38. The Morgan fingerprint density at radius 2 is 1.83 bits per heavy atom. The molecule has 0 saturated carbocycles. The van der Waals surface area contributed by atoms with Crippen LogP contribution in [0.2, 0.25) is 0 Å². The molecule has 0 radical (unpaired) electrons. The molecule has 3 rings (SSSR count). The van der Waals surface area contributed by atoms with Crippen molar-refractivity contribution in [2.45, 2.75) is 23.8 Å². The van der Waals surface area contributed by atoms with Gasteiger partial charge in [-0.25, -0.2) is 13.6 Å². The van der Waals surface area contributed by atoms with Gasteiger partial charge in [-0.3, -0.25) is 4.98 Å². The number of pyridine rings is 1. The number of ether oxygens (including phenoxy) is 1. The first-order chi connectivity index (χ1) is 13.4. The van der Waals surface area contributed by atoms with Crippen molar-refractivity contribution in [2.24, 2.45) is 5.14 Å². The molecule has 2 atom stereocenters. The topological polar surface area (TPSA) is 94.3 Å². The first-order valence-electron chi connectivity index (χ1n) is 9.10. The van der Waals surface area contributed by atoms with E-state index in [1.165, 1.54) is 6.07 Å². The fourth-order valence-electron chi connectivity index (χ4n) is 3.28. The summed E-state index contributed by atoms with van der Waals surface area (Å²) in [5.74, 6) is 0.136. The van der Waals surface area contributed by atoms with E-state index in [1.54, 1.807) is 31.5 Å². The van der Waals surface area contributed by atoms with E-state index in [-0.39, 0.29) is 29.3 Å². The zero-order chi connectivity index (χ0) is 20.1. The van der Waals surface area contributed by atoms with Gasteiger partial charge in [0.1, 0.15) is 0 Å². The summed E-state index contributed by atoms with van der Waals surface area (Å²) in [6.07, 6.45) is 1.68. The van der Waals surface area contributed by atoms with E-state index in [4.69, 9.17) is 9.88 Å². The second-order valence-corrected chi connectivity index (χ2v) is 8.38. The van der Waals surface area contributed by atoms with Crippen LogP contribution in [0.5, 0.6) is 0 Å². The number of primary sulfonamides is 1. The van der Waals surface area contributed by atoms with Crippen molar-refractivity contribution >= 4 is 33.2 Å². The van der Waals surface area contributed by atoms with Crippen molar-refractivity contribution < 1.29 is 13.2 Å². The number of methoxy groups -OCH3 is 1. The molecule has 2 aromatic carbocycles. The Balaban J connectivity index is 0.00000300. The number of hydrogen-bond acceptors (Lipinski definition) is 5. The van der Waals surface area contributed by atoms with Crippen LogP contribution in [0.15, 0.2) is 65.7 Å². The van der Waals surface area contributed by atoms with Crippen LogP contribution < -0.4 is 10.5 Å². The van der Waals surface area contributed by atoms with Crippen LogP contribution in [0.1, 0.15) is 30.2 Å². The molecule has 156 valence electrons. The molecule has 1 aromatic heterocycles. The van der Waals surface area contributed by atoms with Gasteiger partial charge in [0.05, 0.1) is 16.7 Å². The first kappa shape index (κ1) is 23.3. The average molecular weight is 436 g/mol. The second kappa shape index (κ2) is 10.1. The summed E-state index contributed by atoms with van der Waals surface area (Å²) in [7, 11) is -2.02. The molecule has 0 fully saturated rings. The Bertz CT molecular complexity index is 1050. The molecule has 29 heavy (non-hydrogen) atoms. The normalized spacial score (nSPS) is 13.6. The fraction of sp³-hybridized carbons (Fsp3) is 0.286. The van der Waals surface area contributed by atoms with Crippen molar-refractivity contribution in [1.29, 1.82) is 0 Å². The minimum absolute atomic E-state index is 0. The Morgan fingerprint density at radius 3 is 2.48 bits per heavy atom. The third-order valence-corrected chi connectivity index (χ3v) is 5.71. The molecule has 0 saturated heterocycles. The van der Waals surface area contributed by atoms with E-state index in [0.29, 0.717) is 6.54 Å². The van der Waals surface area contributed by atoms with Crippen LogP contribution in [-0.4, -0.2) is 33.6 Å². The van der Waals surface area contributed by atoms with Crippen molar-refractivity contribution in [3.8, 4) is 0 Å². The van der Waals surface area contributed by atoms with E-state index < -0.39 is 10.0 Å². The Hall–Kier alpha value is -2.03. The number of nitrogens with zero attached hydrogens (tertiary/aromatic N) is 1. The van der Waals surface area contributed by atoms with Gasteiger partial charge in [-0.1, -0.05) is 43.3 Å². The summed E-state index contributed by atoms with van der Waals surface area (Å²) >= 11 is 0. The molecule has 0 aliphatic carbocycles. The second-order valence-electron chi connectivity index (χ2n) is 6.82. The first-order valence-corrected chi connectivity index (χ1v) is 10.6. The summed E-state index contributed by atoms with van der Waals surface area (Å²) in [5, 5.41) is 10.4. The maximum Gasteiger partial charge on any atom is 0.238 e. The minimum atomic E-state index is -3.73. The molecule has 0 spiro atoms.